The fourth-order valence-corrected chi connectivity index (χ4v) is 6.72. The van der Waals surface area contributed by atoms with Gasteiger partial charge in [0, 0.05) is 53.0 Å². The first-order valence-electron chi connectivity index (χ1n) is 10.6. The Labute approximate surface area is 184 Å². The van der Waals surface area contributed by atoms with E-state index in [1.807, 2.05) is 14.0 Å². The molecule has 1 spiro atoms. The molecule has 5 atom stereocenters. The lowest BCUT2D eigenvalue weighted by Crippen LogP contribution is -2.65. The Morgan fingerprint density at radius 2 is 1.89 bits per heavy atom. The summed E-state index contributed by atoms with van der Waals surface area (Å²) in [4.78, 5) is 4.50. The van der Waals surface area contributed by atoms with Gasteiger partial charge in [-0.3, -0.25) is 9.20 Å². The summed E-state index contributed by atoms with van der Waals surface area (Å²) < 4.78 is 18.2. The monoisotopic (exact) mass is 511 g/mol. The molecule has 3 rings (SSSR count). The van der Waals surface area contributed by atoms with Crippen molar-refractivity contribution in [3.05, 3.63) is 0 Å². The van der Waals surface area contributed by atoms with Crippen LogP contribution in [0.2, 0.25) is 0 Å². The predicted octanol–water partition coefficient (Wildman–Crippen LogP) is 3.59. The van der Waals surface area contributed by atoms with Gasteiger partial charge in [0.2, 0.25) is 0 Å². The Balaban J connectivity index is 0.00000261. The van der Waals surface area contributed by atoms with E-state index in [1.54, 1.807) is 0 Å². The van der Waals surface area contributed by atoms with Crippen LogP contribution < -0.4 is 10.6 Å². The summed E-state index contributed by atoms with van der Waals surface area (Å²) in [6.45, 7) is 4.94. The Morgan fingerprint density at radius 3 is 2.52 bits per heavy atom. The van der Waals surface area contributed by atoms with Crippen LogP contribution in [0.1, 0.15) is 71.6 Å². The molecule has 0 saturated heterocycles. The Hall–Kier alpha value is 0.110. The number of halogens is 1. The fraction of sp³-hybridized carbons (Fsp3) is 0.950. The largest absolute Gasteiger partial charge is 0.378 e. The zero-order chi connectivity index (χ0) is 18.6. The fourth-order valence-electron chi connectivity index (χ4n) is 5.37. The van der Waals surface area contributed by atoms with Gasteiger partial charge in [0.15, 0.2) is 5.96 Å². The number of rotatable bonds is 6. The zero-order valence-corrected chi connectivity index (χ0v) is 20.3. The summed E-state index contributed by atoms with van der Waals surface area (Å²) >= 11 is 0. The summed E-state index contributed by atoms with van der Waals surface area (Å²) in [6.07, 6.45) is 11.1. The third-order valence-corrected chi connectivity index (χ3v) is 8.59. The molecule has 3 saturated carbocycles. The lowest BCUT2D eigenvalue weighted by atomic mass is 9.60. The molecule has 0 aromatic heterocycles. The Bertz CT molecular complexity index is 525. The van der Waals surface area contributed by atoms with Gasteiger partial charge < -0.3 is 15.4 Å². The van der Waals surface area contributed by atoms with Gasteiger partial charge in [-0.15, -0.1) is 24.0 Å². The molecule has 5 unspecified atom stereocenters. The van der Waals surface area contributed by atoms with Crippen LogP contribution in [0.5, 0.6) is 0 Å². The van der Waals surface area contributed by atoms with Gasteiger partial charge in [-0.25, -0.2) is 0 Å². The number of nitrogens with one attached hydrogen (secondary N) is 2. The molecule has 7 heteroatoms. The molecule has 0 radical (unpaired) electrons. The van der Waals surface area contributed by atoms with Gasteiger partial charge in [-0.05, 0) is 45.4 Å². The van der Waals surface area contributed by atoms with Gasteiger partial charge in [0.05, 0.1) is 6.10 Å². The van der Waals surface area contributed by atoms with Crippen LogP contribution >= 0.6 is 24.0 Å². The quantitative estimate of drug-likeness (QED) is 0.325. The van der Waals surface area contributed by atoms with Crippen molar-refractivity contribution < 1.29 is 8.95 Å². The van der Waals surface area contributed by atoms with Gasteiger partial charge in [-0.1, -0.05) is 26.2 Å². The van der Waals surface area contributed by atoms with E-state index in [4.69, 9.17) is 4.74 Å². The minimum Gasteiger partial charge on any atom is -0.378 e. The molecule has 3 aliphatic rings. The van der Waals surface area contributed by atoms with Gasteiger partial charge in [-0.2, -0.15) is 0 Å². The van der Waals surface area contributed by atoms with Crippen molar-refractivity contribution in [2.45, 2.75) is 95.1 Å². The highest BCUT2D eigenvalue weighted by Crippen LogP contribution is 2.54. The summed E-state index contributed by atoms with van der Waals surface area (Å²) in [5.41, 5.74) is 0.312. The minimum absolute atomic E-state index is 0. The maximum Gasteiger partial charge on any atom is 0.191 e. The standard InChI is InChI=1S/C20H37N3O2S.HI/c1-4-25-18-14-17(20(18)11-6-7-12-20)23-19(21-3)22-15-9-8-10-16(13-15)26(24)5-2;/h15-18H,4-14H2,1-3H3,(H2,21,22,23);1H. The van der Waals surface area contributed by atoms with E-state index < -0.39 is 10.8 Å². The minimum atomic E-state index is -0.683. The maximum absolute atomic E-state index is 12.2. The summed E-state index contributed by atoms with van der Waals surface area (Å²) in [7, 11) is 1.18. The second-order valence-electron chi connectivity index (χ2n) is 8.19. The molecular formula is C20H38IN3O2S. The number of aliphatic imine (C=N–C) groups is 1. The van der Waals surface area contributed by atoms with Crippen molar-refractivity contribution in [1.82, 2.24) is 10.6 Å². The van der Waals surface area contributed by atoms with Crippen molar-refractivity contribution in [3.8, 4) is 0 Å². The predicted molar refractivity (Wildman–Crippen MR) is 124 cm³/mol. The molecule has 3 aliphatic carbocycles. The number of guanidine groups is 1. The molecule has 2 N–H and O–H groups in total. The Morgan fingerprint density at radius 1 is 1.15 bits per heavy atom. The topological polar surface area (TPSA) is 62.7 Å². The van der Waals surface area contributed by atoms with E-state index in [0.717, 1.165) is 50.4 Å². The number of hydrogen-bond donors (Lipinski definition) is 2. The van der Waals surface area contributed by atoms with Crippen LogP contribution in [0.15, 0.2) is 4.99 Å². The average molecular weight is 512 g/mol. The van der Waals surface area contributed by atoms with Crippen molar-refractivity contribution in [2.24, 2.45) is 10.4 Å². The molecule has 0 aliphatic heterocycles. The number of ether oxygens (including phenoxy) is 1. The van der Waals surface area contributed by atoms with E-state index >= 15 is 0 Å². The van der Waals surface area contributed by atoms with E-state index in [-0.39, 0.29) is 24.0 Å². The molecule has 0 aromatic carbocycles. The van der Waals surface area contributed by atoms with Crippen LogP contribution in [0, 0.1) is 5.41 Å². The van der Waals surface area contributed by atoms with E-state index in [1.165, 1.54) is 25.7 Å². The van der Waals surface area contributed by atoms with Gasteiger partial charge in [0.25, 0.3) is 0 Å². The maximum atomic E-state index is 12.2. The third kappa shape index (κ3) is 5.18. The zero-order valence-electron chi connectivity index (χ0n) is 17.2. The second-order valence-corrected chi connectivity index (χ2v) is 10.2. The van der Waals surface area contributed by atoms with E-state index in [2.05, 4.69) is 22.5 Å². The SMILES string of the molecule is CCOC1CC(NC(=NC)NC2CCCC(S(=O)CC)C2)C12CCCC2.I. The molecule has 27 heavy (non-hydrogen) atoms. The summed E-state index contributed by atoms with van der Waals surface area (Å²) in [6, 6.07) is 0.856. The lowest BCUT2D eigenvalue weighted by molar-refractivity contribution is -0.125. The van der Waals surface area contributed by atoms with Crippen LogP contribution in [-0.2, 0) is 15.5 Å². The molecule has 158 valence electrons. The number of hydrogen-bond acceptors (Lipinski definition) is 3. The van der Waals surface area contributed by atoms with Crippen molar-refractivity contribution in [2.75, 3.05) is 19.4 Å². The third-order valence-electron chi connectivity index (χ3n) is 6.85. The van der Waals surface area contributed by atoms with Crippen molar-refractivity contribution in [3.63, 3.8) is 0 Å². The summed E-state index contributed by atoms with van der Waals surface area (Å²) in [5, 5.41) is 7.69. The van der Waals surface area contributed by atoms with E-state index in [9.17, 15) is 4.21 Å². The highest BCUT2D eigenvalue weighted by molar-refractivity contribution is 14.0. The van der Waals surface area contributed by atoms with Crippen molar-refractivity contribution in [1.29, 1.82) is 0 Å². The second kappa shape index (κ2) is 10.8. The van der Waals surface area contributed by atoms with Crippen LogP contribution in [0.4, 0.5) is 0 Å². The normalized spacial score (nSPS) is 33.8. The molecule has 0 heterocycles. The molecule has 3 fully saturated rings. The van der Waals surface area contributed by atoms with Gasteiger partial charge >= 0.3 is 0 Å². The van der Waals surface area contributed by atoms with Crippen LogP contribution in [0.3, 0.4) is 0 Å². The van der Waals surface area contributed by atoms with Crippen LogP contribution in [-0.4, -0.2) is 53.0 Å². The molecule has 0 amide bonds. The first kappa shape index (κ1) is 23.4. The molecular weight excluding hydrogens is 473 g/mol. The lowest BCUT2D eigenvalue weighted by Gasteiger charge is -2.54. The number of nitrogens with zero attached hydrogens (tertiary/aromatic N) is 1. The smallest absolute Gasteiger partial charge is 0.191 e. The van der Waals surface area contributed by atoms with Gasteiger partial charge in [0.1, 0.15) is 0 Å². The average Bonchev–Trinajstić information content (AvgIpc) is 3.19. The first-order chi connectivity index (χ1) is 12.6. The van der Waals surface area contributed by atoms with Crippen LogP contribution in [0.25, 0.3) is 0 Å². The molecule has 0 aromatic rings. The van der Waals surface area contributed by atoms with Crippen molar-refractivity contribution >= 4 is 40.7 Å². The molecule has 5 nitrogen and oxygen atoms in total. The Kier molecular flexibility index (Phi) is 9.32. The highest BCUT2D eigenvalue weighted by atomic mass is 127. The first-order valence-corrected chi connectivity index (χ1v) is 12.0. The van der Waals surface area contributed by atoms with E-state index in [0.29, 0.717) is 28.9 Å². The highest BCUT2D eigenvalue weighted by Gasteiger charge is 2.57. The molecule has 0 bridgehead atoms. The summed E-state index contributed by atoms with van der Waals surface area (Å²) in [5.74, 6) is 1.69.